The molecule has 10 nitrogen and oxygen atoms in total. The Kier molecular flexibility index (Phi) is 11.6. The lowest BCUT2D eigenvalue weighted by molar-refractivity contribution is -0.348. The van der Waals surface area contributed by atoms with Crippen LogP contribution in [0.1, 0.15) is 87.5 Å². The molecule has 1 amide bonds. The zero-order valence-electron chi connectivity index (χ0n) is 29.2. The molecule has 0 spiro atoms. The molecule has 2 saturated heterocycles. The number of ether oxygens (including phenoxy) is 2. The van der Waals surface area contributed by atoms with Crippen molar-refractivity contribution in [3.8, 4) is 0 Å². The van der Waals surface area contributed by atoms with Gasteiger partial charge in [-0.05, 0) is 88.9 Å². The van der Waals surface area contributed by atoms with Gasteiger partial charge in [-0.2, -0.15) is 0 Å². The number of nitrogens with one attached hydrogen (secondary N) is 1. The van der Waals surface area contributed by atoms with E-state index in [0.717, 1.165) is 61.8 Å². The summed E-state index contributed by atoms with van der Waals surface area (Å²) in [7, 11) is 3.95. The number of carbonyl (C=O) groups excluding carboxylic acids is 2. The zero-order chi connectivity index (χ0) is 35.6. The fourth-order valence-corrected chi connectivity index (χ4v) is 7.89. The van der Waals surface area contributed by atoms with Gasteiger partial charge in [-0.15, -0.1) is 0 Å². The molecule has 2 aromatic carbocycles. The normalized spacial score (nSPS) is 28.1. The number of aliphatic hydroxyl groups is 4. The number of hydrogen-bond donors (Lipinski definition) is 5. The second-order valence-electron chi connectivity index (χ2n) is 15.2. The maximum absolute atomic E-state index is 13.2. The van der Waals surface area contributed by atoms with E-state index in [2.05, 4.69) is 5.32 Å². The first-order chi connectivity index (χ1) is 23.1. The molecule has 5 rings (SSSR count). The van der Waals surface area contributed by atoms with Crippen molar-refractivity contribution in [2.45, 2.75) is 113 Å². The Labute approximate surface area is 294 Å². The van der Waals surface area contributed by atoms with Crippen molar-refractivity contribution >= 4 is 23.3 Å². The van der Waals surface area contributed by atoms with Gasteiger partial charge in [0.05, 0.1) is 17.6 Å². The van der Waals surface area contributed by atoms with Crippen LogP contribution in [0.3, 0.4) is 0 Å². The van der Waals surface area contributed by atoms with Crippen LogP contribution >= 0.6 is 11.6 Å². The highest BCUT2D eigenvalue weighted by atomic mass is 35.5. The van der Waals surface area contributed by atoms with Gasteiger partial charge in [-0.3, -0.25) is 9.59 Å². The summed E-state index contributed by atoms with van der Waals surface area (Å²) in [6.07, 6.45) is 2.50. The number of benzene rings is 2. The molecule has 2 bridgehead atoms. The lowest BCUT2D eigenvalue weighted by Gasteiger charge is -2.50. The highest BCUT2D eigenvalue weighted by Crippen LogP contribution is 2.53. The largest absolute Gasteiger partial charge is 0.387 e. The third-order valence-electron chi connectivity index (χ3n) is 10.8. The van der Waals surface area contributed by atoms with Gasteiger partial charge in [-0.1, -0.05) is 61.2 Å². The Hall–Kier alpha value is -2.41. The minimum Gasteiger partial charge on any atom is -0.387 e. The molecule has 3 aliphatic rings. The number of aryl methyl sites for hydroxylation is 1. The molecule has 11 heteroatoms. The Morgan fingerprint density at radius 2 is 1.67 bits per heavy atom. The van der Waals surface area contributed by atoms with E-state index < -0.39 is 40.7 Å². The summed E-state index contributed by atoms with van der Waals surface area (Å²) >= 11 is 6.61. The highest BCUT2D eigenvalue weighted by molar-refractivity contribution is 6.31. The van der Waals surface area contributed by atoms with E-state index in [0.29, 0.717) is 42.8 Å². The quantitative estimate of drug-likeness (QED) is 0.199. The Bertz CT molecular complexity index is 1470. The summed E-state index contributed by atoms with van der Waals surface area (Å²) < 4.78 is 12.2. The van der Waals surface area contributed by atoms with Crippen molar-refractivity contribution in [2.75, 3.05) is 33.8 Å². The second kappa shape index (κ2) is 15.1. The minimum atomic E-state index is -1.80. The van der Waals surface area contributed by atoms with Gasteiger partial charge in [0.2, 0.25) is 11.7 Å². The summed E-state index contributed by atoms with van der Waals surface area (Å²) in [5, 5.41) is 47.1. The van der Waals surface area contributed by atoms with Crippen molar-refractivity contribution in [3.63, 3.8) is 0 Å². The summed E-state index contributed by atoms with van der Waals surface area (Å²) in [6, 6.07) is 13.2. The molecular weight excluding hydrogens is 648 g/mol. The SMILES string of the molecule is CN(C)CCNC(=O)C1(CC(=O)CCCc2ccc(Cc3cc([C@]45OC[C@](C(C)(C)O)(O4)[C@@H](O)[C@H](O)[C@H]5O)ccc3Cl)cc2)CCCCC1. The van der Waals surface area contributed by atoms with Crippen LogP contribution in [0, 0.1) is 5.41 Å². The van der Waals surface area contributed by atoms with Gasteiger partial charge in [0, 0.05) is 36.5 Å². The maximum atomic E-state index is 13.2. The average molecular weight is 701 g/mol. The van der Waals surface area contributed by atoms with Crippen molar-refractivity contribution < 1.29 is 39.5 Å². The minimum absolute atomic E-state index is 0.0279. The predicted octanol–water partition coefficient (Wildman–Crippen LogP) is 3.65. The van der Waals surface area contributed by atoms with Gasteiger partial charge in [0.15, 0.2) is 5.60 Å². The molecule has 3 fully saturated rings. The van der Waals surface area contributed by atoms with Gasteiger partial charge in [0.1, 0.15) is 24.1 Å². The number of ketones is 1. The standard InChI is InChI=1S/C38H53ClN2O8/c1-35(2,47)37-24-48-38(49-37,33(45)31(43)32(37)44)28-15-16-30(39)27(22-28)21-26-13-11-25(12-14-26)9-8-10-29(42)23-36(17-6-5-7-18-36)34(46)40-19-20-41(3)4/h11-16,22,31-33,43-45,47H,5-10,17-21,23-24H2,1-4H3,(H,40,46)/t31-,32-,33+,37-,38-/m0/s1. The monoisotopic (exact) mass is 700 g/mol. The van der Waals surface area contributed by atoms with Crippen LogP contribution < -0.4 is 5.32 Å². The van der Waals surface area contributed by atoms with Crippen LogP contribution in [0.5, 0.6) is 0 Å². The first-order valence-electron chi connectivity index (χ1n) is 17.5. The number of hydrogen-bond acceptors (Lipinski definition) is 9. The highest BCUT2D eigenvalue weighted by Gasteiger charge is 2.71. The van der Waals surface area contributed by atoms with Gasteiger partial charge < -0.3 is 40.1 Å². The predicted molar refractivity (Wildman–Crippen MR) is 186 cm³/mol. The molecule has 2 heterocycles. The average Bonchev–Trinajstić information content (AvgIpc) is 3.46. The molecular formula is C38H53ClN2O8. The Morgan fingerprint density at radius 1 is 1.00 bits per heavy atom. The lowest BCUT2D eigenvalue weighted by Crippen LogP contribution is -2.70. The second-order valence-corrected chi connectivity index (χ2v) is 15.6. The topological polar surface area (TPSA) is 149 Å². The Balaban J connectivity index is 1.19. The molecule has 1 aliphatic carbocycles. The van der Waals surface area contributed by atoms with E-state index in [-0.39, 0.29) is 18.3 Å². The van der Waals surface area contributed by atoms with Crippen molar-refractivity contribution in [1.29, 1.82) is 0 Å². The van der Waals surface area contributed by atoms with Crippen LogP contribution in [-0.4, -0.2) is 100 Å². The number of rotatable bonds is 14. The molecule has 270 valence electrons. The van der Waals surface area contributed by atoms with Crippen molar-refractivity contribution in [2.24, 2.45) is 5.41 Å². The van der Waals surface area contributed by atoms with Crippen LogP contribution in [0.4, 0.5) is 0 Å². The number of Topliss-reactive ketones (excluding diaryl/α,β-unsaturated/α-hetero) is 1. The summed E-state index contributed by atoms with van der Waals surface area (Å²) in [6.45, 7) is 4.06. The van der Waals surface area contributed by atoms with Gasteiger partial charge in [0.25, 0.3) is 0 Å². The number of fused-ring (bicyclic) bond motifs is 2. The number of amides is 1. The van der Waals surface area contributed by atoms with E-state index in [4.69, 9.17) is 21.1 Å². The molecule has 0 aromatic heterocycles. The molecule has 0 unspecified atom stereocenters. The fourth-order valence-electron chi connectivity index (χ4n) is 7.70. The first-order valence-corrected chi connectivity index (χ1v) is 17.9. The number of nitrogens with zero attached hydrogens (tertiary/aromatic N) is 1. The van der Waals surface area contributed by atoms with E-state index >= 15 is 0 Å². The van der Waals surface area contributed by atoms with Gasteiger partial charge in [-0.25, -0.2) is 0 Å². The number of carbonyl (C=O) groups is 2. The van der Waals surface area contributed by atoms with Gasteiger partial charge >= 0.3 is 0 Å². The van der Waals surface area contributed by atoms with Crippen molar-refractivity contribution in [1.82, 2.24) is 10.2 Å². The summed E-state index contributed by atoms with van der Waals surface area (Å²) in [4.78, 5) is 28.3. The Morgan fingerprint density at radius 3 is 2.33 bits per heavy atom. The number of likely N-dealkylation sites (N-methyl/N-ethyl adjacent to an activating group) is 1. The molecule has 5 atom stereocenters. The van der Waals surface area contributed by atoms with Crippen LogP contribution in [-0.2, 0) is 37.7 Å². The van der Waals surface area contributed by atoms with E-state index in [9.17, 15) is 30.0 Å². The lowest BCUT2D eigenvalue weighted by atomic mass is 9.70. The first kappa shape index (κ1) is 37.8. The third-order valence-corrected chi connectivity index (χ3v) is 11.2. The molecule has 0 radical (unpaired) electrons. The van der Waals surface area contributed by atoms with E-state index in [1.54, 1.807) is 18.2 Å². The van der Waals surface area contributed by atoms with Crippen LogP contribution in [0.25, 0.3) is 0 Å². The van der Waals surface area contributed by atoms with E-state index in [1.165, 1.54) is 13.8 Å². The molecule has 49 heavy (non-hydrogen) atoms. The summed E-state index contributed by atoms with van der Waals surface area (Å²) in [5.41, 5.74) is -0.545. The van der Waals surface area contributed by atoms with Crippen LogP contribution in [0.2, 0.25) is 5.02 Å². The molecule has 2 aromatic rings. The van der Waals surface area contributed by atoms with Crippen LogP contribution in [0.15, 0.2) is 42.5 Å². The molecule has 1 saturated carbocycles. The molecule has 2 aliphatic heterocycles. The fraction of sp³-hybridized carbons (Fsp3) is 0.632. The summed E-state index contributed by atoms with van der Waals surface area (Å²) in [5.74, 6) is -1.62. The van der Waals surface area contributed by atoms with E-state index in [1.807, 2.05) is 43.3 Å². The van der Waals surface area contributed by atoms with Crippen molar-refractivity contribution in [3.05, 3.63) is 69.7 Å². The number of aliphatic hydroxyl groups excluding tert-OH is 3. The smallest absolute Gasteiger partial charge is 0.226 e. The zero-order valence-corrected chi connectivity index (χ0v) is 30.0. The molecule has 5 N–H and O–H groups in total. The maximum Gasteiger partial charge on any atom is 0.226 e. The third kappa shape index (κ3) is 7.77. The number of halogens is 1.